The number of nitrogens with two attached hydrogens (primary N) is 1. The van der Waals surface area contributed by atoms with Crippen LogP contribution in [0.1, 0.15) is 0 Å². The number of hydrogen-bond acceptors (Lipinski definition) is 3. The molecule has 2 N–H and O–H groups in total. The summed E-state index contributed by atoms with van der Waals surface area (Å²) in [5, 5.41) is 0. The van der Waals surface area contributed by atoms with Gasteiger partial charge in [0.2, 0.25) is 0 Å². The van der Waals surface area contributed by atoms with Gasteiger partial charge in [0, 0.05) is 36.3 Å². The summed E-state index contributed by atoms with van der Waals surface area (Å²) < 4.78 is 12.6. The highest BCUT2D eigenvalue weighted by atomic mass is 32.2. The average molecular weight is 226 g/mol. The Balaban J connectivity index is 1.67. The predicted octanol–water partition coefficient (Wildman–Crippen LogP) is 1.56. The van der Waals surface area contributed by atoms with Gasteiger partial charge >= 0.3 is 0 Å². The third kappa shape index (κ3) is 3.19. The molecule has 82 valence electrons. The molecule has 4 heteroatoms. The topological polar surface area (TPSA) is 29.3 Å². The van der Waals surface area contributed by atoms with Gasteiger partial charge in [0.05, 0.1) is 0 Å². The minimum Gasteiger partial charge on any atom is -0.325 e. The van der Waals surface area contributed by atoms with Crippen LogP contribution in [0.3, 0.4) is 0 Å². The summed E-state index contributed by atoms with van der Waals surface area (Å²) in [6.07, 6.45) is 0. The first kappa shape index (κ1) is 10.9. The fourth-order valence-corrected chi connectivity index (χ4v) is 2.53. The Bertz CT molecular complexity index is 309. The summed E-state index contributed by atoms with van der Waals surface area (Å²) >= 11 is 1.76. The number of thioether (sulfide) groups is 1. The summed E-state index contributed by atoms with van der Waals surface area (Å²) in [7, 11) is 0. The van der Waals surface area contributed by atoms with E-state index in [0.717, 1.165) is 30.3 Å². The molecule has 0 aliphatic carbocycles. The van der Waals surface area contributed by atoms with Crippen LogP contribution in [0.4, 0.5) is 4.39 Å². The van der Waals surface area contributed by atoms with E-state index in [1.165, 1.54) is 12.1 Å². The van der Waals surface area contributed by atoms with Crippen molar-refractivity contribution in [1.29, 1.82) is 0 Å². The molecule has 1 fully saturated rings. The molecule has 0 bridgehead atoms. The van der Waals surface area contributed by atoms with Gasteiger partial charge in [0.25, 0.3) is 0 Å². The lowest BCUT2D eigenvalue weighted by atomic mass is 10.1. The largest absolute Gasteiger partial charge is 0.325 e. The number of nitrogens with zero attached hydrogens (tertiary/aromatic N) is 1. The summed E-state index contributed by atoms with van der Waals surface area (Å²) in [6.45, 7) is 3.10. The van der Waals surface area contributed by atoms with Gasteiger partial charge in [-0.2, -0.15) is 0 Å². The Kier molecular flexibility index (Phi) is 3.61. The molecule has 1 aromatic carbocycles. The van der Waals surface area contributed by atoms with Gasteiger partial charge in [-0.3, -0.25) is 4.90 Å². The number of rotatable bonds is 4. The second kappa shape index (κ2) is 4.96. The van der Waals surface area contributed by atoms with E-state index in [1.54, 1.807) is 11.8 Å². The molecule has 0 saturated carbocycles. The Morgan fingerprint density at radius 1 is 1.33 bits per heavy atom. The van der Waals surface area contributed by atoms with Gasteiger partial charge in [-0.25, -0.2) is 4.39 Å². The van der Waals surface area contributed by atoms with Crippen molar-refractivity contribution in [3.05, 3.63) is 30.1 Å². The molecule has 2 nitrogen and oxygen atoms in total. The van der Waals surface area contributed by atoms with Crippen LogP contribution in [-0.2, 0) is 0 Å². The number of benzene rings is 1. The highest BCUT2D eigenvalue weighted by molar-refractivity contribution is 7.99. The lowest BCUT2D eigenvalue weighted by Crippen LogP contribution is -2.56. The van der Waals surface area contributed by atoms with Crippen molar-refractivity contribution in [2.75, 3.05) is 25.4 Å². The molecule has 15 heavy (non-hydrogen) atoms. The maximum Gasteiger partial charge on any atom is 0.123 e. The first-order valence-corrected chi connectivity index (χ1v) is 6.09. The third-order valence-electron chi connectivity index (χ3n) is 2.48. The fraction of sp³-hybridized carbons (Fsp3) is 0.455. The number of halogens is 1. The summed E-state index contributed by atoms with van der Waals surface area (Å²) in [6, 6.07) is 7.02. The zero-order valence-electron chi connectivity index (χ0n) is 8.53. The van der Waals surface area contributed by atoms with Crippen molar-refractivity contribution >= 4 is 11.8 Å². The SMILES string of the molecule is NC1CN(CCSc2ccc(F)cc2)C1. The molecule has 1 heterocycles. The summed E-state index contributed by atoms with van der Waals surface area (Å²) in [4.78, 5) is 3.46. The first-order valence-electron chi connectivity index (χ1n) is 5.10. The van der Waals surface area contributed by atoms with Gasteiger partial charge in [-0.05, 0) is 24.3 Å². The van der Waals surface area contributed by atoms with Crippen molar-refractivity contribution in [2.24, 2.45) is 5.73 Å². The molecular weight excluding hydrogens is 211 g/mol. The molecule has 2 rings (SSSR count). The second-order valence-corrected chi connectivity index (χ2v) is 4.99. The third-order valence-corrected chi connectivity index (χ3v) is 3.47. The highest BCUT2D eigenvalue weighted by Crippen LogP contribution is 2.18. The van der Waals surface area contributed by atoms with Crippen molar-refractivity contribution in [2.45, 2.75) is 10.9 Å². The molecular formula is C11H15FN2S. The van der Waals surface area contributed by atoms with Crippen molar-refractivity contribution in [1.82, 2.24) is 4.90 Å². The maximum atomic E-state index is 12.6. The van der Waals surface area contributed by atoms with E-state index in [9.17, 15) is 4.39 Å². The lowest BCUT2D eigenvalue weighted by molar-refractivity contribution is 0.161. The minimum atomic E-state index is -0.173. The van der Waals surface area contributed by atoms with Crippen LogP contribution in [0.15, 0.2) is 29.2 Å². The molecule has 0 spiro atoms. The van der Waals surface area contributed by atoms with E-state index in [0.29, 0.717) is 6.04 Å². The molecule has 0 radical (unpaired) electrons. The quantitative estimate of drug-likeness (QED) is 0.790. The Labute approximate surface area is 93.6 Å². The van der Waals surface area contributed by atoms with E-state index in [4.69, 9.17) is 5.73 Å². The Morgan fingerprint density at radius 2 is 2.00 bits per heavy atom. The first-order chi connectivity index (χ1) is 7.24. The molecule has 0 amide bonds. The van der Waals surface area contributed by atoms with Crippen molar-refractivity contribution < 1.29 is 4.39 Å². The Morgan fingerprint density at radius 3 is 2.60 bits per heavy atom. The molecule has 1 aromatic rings. The van der Waals surface area contributed by atoms with E-state index in [2.05, 4.69) is 4.90 Å². The lowest BCUT2D eigenvalue weighted by Gasteiger charge is -2.36. The van der Waals surface area contributed by atoms with Crippen LogP contribution in [0.25, 0.3) is 0 Å². The van der Waals surface area contributed by atoms with Crippen LogP contribution in [0, 0.1) is 5.82 Å². The van der Waals surface area contributed by atoms with Gasteiger partial charge in [0.15, 0.2) is 0 Å². The van der Waals surface area contributed by atoms with Crippen LogP contribution < -0.4 is 5.73 Å². The van der Waals surface area contributed by atoms with Crippen molar-refractivity contribution in [3.63, 3.8) is 0 Å². The van der Waals surface area contributed by atoms with E-state index >= 15 is 0 Å². The zero-order chi connectivity index (χ0) is 10.7. The molecule has 0 unspecified atom stereocenters. The standard InChI is InChI=1S/C11H15FN2S/c12-9-1-3-11(4-2-9)15-6-5-14-7-10(13)8-14/h1-4,10H,5-8,13H2. The highest BCUT2D eigenvalue weighted by Gasteiger charge is 2.21. The fourth-order valence-electron chi connectivity index (χ4n) is 1.62. The van der Waals surface area contributed by atoms with E-state index in [-0.39, 0.29) is 5.82 Å². The molecule has 1 aliphatic rings. The smallest absolute Gasteiger partial charge is 0.123 e. The number of hydrogen-bond donors (Lipinski definition) is 1. The van der Waals surface area contributed by atoms with Gasteiger partial charge in [0.1, 0.15) is 5.82 Å². The zero-order valence-corrected chi connectivity index (χ0v) is 9.34. The maximum absolute atomic E-state index is 12.6. The van der Waals surface area contributed by atoms with Crippen LogP contribution in [0.2, 0.25) is 0 Å². The van der Waals surface area contributed by atoms with Crippen LogP contribution >= 0.6 is 11.8 Å². The van der Waals surface area contributed by atoms with Gasteiger partial charge < -0.3 is 5.73 Å². The van der Waals surface area contributed by atoms with E-state index < -0.39 is 0 Å². The van der Waals surface area contributed by atoms with Gasteiger partial charge in [-0.1, -0.05) is 0 Å². The summed E-state index contributed by atoms with van der Waals surface area (Å²) in [5.74, 6) is 0.867. The summed E-state index contributed by atoms with van der Waals surface area (Å²) in [5.41, 5.74) is 5.68. The normalized spacial score (nSPS) is 17.7. The minimum absolute atomic E-state index is 0.173. The Hall–Kier alpha value is -0.580. The van der Waals surface area contributed by atoms with Crippen molar-refractivity contribution in [3.8, 4) is 0 Å². The molecule has 1 saturated heterocycles. The van der Waals surface area contributed by atoms with Crippen LogP contribution in [-0.4, -0.2) is 36.3 Å². The molecule has 0 atom stereocenters. The molecule has 0 aromatic heterocycles. The second-order valence-electron chi connectivity index (χ2n) is 3.82. The predicted molar refractivity (Wildman–Crippen MR) is 61.5 cm³/mol. The molecule has 1 aliphatic heterocycles. The van der Waals surface area contributed by atoms with Crippen LogP contribution in [0.5, 0.6) is 0 Å². The monoisotopic (exact) mass is 226 g/mol. The number of likely N-dealkylation sites (tertiary alicyclic amines) is 1. The van der Waals surface area contributed by atoms with E-state index in [1.807, 2.05) is 12.1 Å². The average Bonchev–Trinajstić information content (AvgIpc) is 2.18. The van der Waals surface area contributed by atoms with Gasteiger partial charge in [-0.15, -0.1) is 11.8 Å².